The molecule has 4 aromatic rings. The number of rotatable bonds is 10. The SMILES string of the molecule is C/C=C/c1ccc2n(c1=O)C[C@H]1[C@H](CO)[C@@H](C(=O)NCc3ccccc3F)N[C@@H]21.C/C=C\c1ccc2n(c1=O)C[C@H]1[C@H](CO)[C@@H](C(=O)NCc3ccccc3F)N[C@@H]21. The van der Waals surface area contributed by atoms with Crippen LogP contribution in [0.25, 0.3) is 12.2 Å². The van der Waals surface area contributed by atoms with Crippen molar-refractivity contribution in [3.8, 4) is 0 Å². The van der Waals surface area contributed by atoms with Crippen LogP contribution in [0.1, 0.15) is 59.6 Å². The van der Waals surface area contributed by atoms with Gasteiger partial charge in [0, 0.05) is 96.7 Å². The molecule has 0 aliphatic carbocycles. The van der Waals surface area contributed by atoms with Gasteiger partial charge in [-0.05, 0) is 50.2 Å². The Morgan fingerprint density at radius 3 is 1.43 bits per heavy atom. The van der Waals surface area contributed by atoms with Gasteiger partial charge in [0.1, 0.15) is 11.6 Å². The minimum Gasteiger partial charge on any atom is -0.396 e. The Labute approximate surface area is 334 Å². The van der Waals surface area contributed by atoms with Crippen LogP contribution in [0.3, 0.4) is 0 Å². The van der Waals surface area contributed by atoms with Gasteiger partial charge in [0.25, 0.3) is 11.1 Å². The summed E-state index contributed by atoms with van der Waals surface area (Å²) in [6.07, 6.45) is 7.20. The summed E-state index contributed by atoms with van der Waals surface area (Å²) in [5.74, 6) is -2.06. The molecule has 2 saturated heterocycles. The first kappa shape index (κ1) is 40.6. The maximum absolute atomic E-state index is 13.8. The van der Waals surface area contributed by atoms with E-state index >= 15 is 0 Å². The average molecular weight is 795 g/mol. The summed E-state index contributed by atoms with van der Waals surface area (Å²) < 4.78 is 31.0. The molecule has 8 rings (SSSR count). The van der Waals surface area contributed by atoms with Crippen LogP contribution in [0.4, 0.5) is 8.78 Å². The minimum absolute atomic E-state index is 0.0576. The molecular formula is C44H48F2N6O6. The number of carbonyl (C=O) groups excluding carboxylic acids is 2. The van der Waals surface area contributed by atoms with Gasteiger partial charge >= 0.3 is 0 Å². The molecule has 0 radical (unpaired) electrons. The number of fused-ring (bicyclic) bond motifs is 6. The molecule has 2 fully saturated rings. The highest BCUT2D eigenvalue weighted by Crippen LogP contribution is 2.43. The van der Waals surface area contributed by atoms with Crippen molar-refractivity contribution in [3.05, 3.63) is 151 Å². The Morgan fingerprint density at radius 2 is 1.07 bits per heavy atom. The largest absolute Gasteiger partial charge is 0.396 e. The number of amides is 2. The number of benzene rings is 2. The zero-order valence-corrected chi connectivity index (χ0v) is 32.3. The number of aliphatic hydroxyl groups excluding tert-OH is 2. The summed E-state index contributed by atoms with van der Waals surface area (Å²) in [7, 11) is 0. The lowest BCUT2D eigenvalue weighted by atomic mass is 9.88. The molecule has 0 saturated carbocycles. The standard InChI is InChI=1S/2C22H24FN3O3/c2*1-2-5-13-8-9-18-19-15(11-26(18)22(13)29)16(12-27)20(25-19)21(28)24-10-14-6-3-4-7-17(14)23/h2*2-9,15-16,19-20,25,27H,10-12H2,1H3,(H,24,28)/b5-2+;5-2-/t2*15-,16-,19+,20-/m00/s1. The monoisotopic (exact) mass is 794 g/mol. The van der Waals surface area contributed by atoms with Gasteiger partial charge in [0.15, 0.2) is 0 Å². The lowest BCUT2D eigenvalue weighted by Crippen LogP contribution is -2.46. The Bertz CT molecular complexity index is 2200. The summed E-state index contributed by atoms with van der Waals surface area (Å²) in [5, 5.41) is 32.1. The van der Waals surface area contributed by atoms with E-state index in [2.05, 4.69) is 21.3 Å². The summed E-state index contributed by atoms with van der Waals surface area (Å²) >= 11 is 0. The normalized spacial score (nSPS) is 25.2. The lowest BCUT2D eigenvalue weighted by Gasteiger charge is -2.21. The smallest absolute Gasteiger partial charge is 0.258 e. The number of hydrogen-bond acceptors (Lipinski definition) is 8. The van der Waals surface area contributed by atoms with E-state index in [-0.39, 0.29) is 96.6 Å². The number of nitrogens with one attached hydrogen (secondary N) is 4. The van der Waals surface area contributed by atoms with Crippen LogP contribution in [0.2, 0.25) is 0 Å². The van der Waals surface area contributed by atoms with Gasteiger partial charge in [-0.2, -0.15) is 0 Å². The van der Waals surface area contributed by atoms with Gasteiger partial charge in [-0.3, -0.25) is 29.8 Å². The number of hydrogen-bond donors (Lipinski definition) is 6. The Balaban J connectivity index is 0.000000177. The maximum Gasteiger partial charge on any atom is 0.258 e. The van der Waals surface area contributed by atoms with Gasteiger partial charge in [0.2, 0.25) is 11.8 Å². The van der Waals surface area contributed by atoms with Crippen molar-refractivity contribution < 1.29 is 28.6 Å². The summed E-state index contributed by atoms with van der Waals surface area (Å²) in [5.41, 5.74) is 3.60. The van der Waals surface area contributed by atoms with Crippen molar-refractivity contribution in [3.63, 3.8) is 0 Å². The molecule has 14 heteroatoms. The second kappa shape index (κ2) is 17.5. The second-order valence-electron chi connectivity index (χ2n) is 15.1. The number of carbonyl (C=O) groups is 2. The molecule has 12 nitrogen and oxygen atoms in total. The molecule has 8 atom stereocenters. The highest BCUT2D eigenvalue weighted by molar-refractivity contribution is 5.83. The van der Waals surface area contributed by atoms with Crippen LogP contribution in [0.15, 0.2) is 94.5 Å². The highest BCUT2D eigenvalue weighted by Gasteiger charge is 2.51. The predicted molar refractivity (Wildman–Crippen MR) is 215 cm³/mol. The molecule has 0 bridgehead atoms. The predicted octanol–water partition coefficient (Wildman–Crippen LogP) is 3.18. The fourth-order valence-corrected chi connectivity index (χ4v) is 9.02. The summed E-state index contributed by atoms with van der Waals surface area (Å²) in [6, 6.07) is 18.4. The molecule has 2 amide bonds. The molecule has 4 aliphatic heterocycles. The van der Waals surface area contributed by atoms with Crippen molar-refractivity contribution >= 4 is 24.0 Å². The summed E-state index contributed by atoms with van der Waals surface area (Å²) in [4.78, 5) is 50.9. The third-order valence-electron chi connectivity index (χ3n) is 11.9. The fourth-order valence-electron chi connectivity index (χ4n) is 9.02. The lowest BCUT2D eigenvalue weighted by molar-refractivity contribution is -0.125. The van der Waals surface area contributed by atoms with E-state index in [1.165, 1.54) is 12.1 Å². The van der Waals surface area contributed by atoms with E-state index in [1.807, 2.05) is 38.1 Å². The van der Waals surface area contributed by atoms with E-state index in [0.29, 0.717) is 35.3 Å². The van der Waals surface area contributed by atoms with Crippen molar-refractivity contribution in [2.24, 2.45) is 23.7 Å². The topological polar surface area (TPSA) is 167 Å². The number of allylic oxidation sites excluding steroid dienone is 2. The number of nitrogens with zero attached hydrogens (tertiary/aromatic N) is 2. The van der Waals surface area contributed by atoms with Crippen molar-refractivity contribution in [2.45, 2.75) is 64.2 Å². The Morgan fingerprint density at radius 1 is 0.672 bits per heavy atom. The van der Waals surface area contributed by atoms with Gasteiger partial charge < -0.3 is 30.0 Å². The third kappa shape index (κ3) is 7.72. The van der Waals surface area contributed by atoms with E-state index in [1.54, 1.807) is 69.8 Å². The Hall–Kier alpha value is -5.54. The van der Waals surface area contributed by atoms with E-state index in [9.17, 15) is 38.2 Å². The fraction of sp³-hybridized carbons (Fsp3) is 0.364. The second-order valence-corrected chi connectivity index (χ2v) is 15.1. The van der Waals surface area contributed by atoms with Crippen LogP contribution >= 0.6 is 0 Å². The molecule has 0 spiro atoms. The molecule has 58 heavy (non-hydrogen) atoms. The molecule has 304 valence electrons. The molecule has 4 aliphatic rings. The molecule has 6 N–H and O–H groups in total. The zero-order chi connectivity index (χ0) is 41.1. The quantitative estimate of drug-likeness (QED) is 0.143. The highest BCUT2D eigenvalue weighted by atomic mass is 19.1. The minimum atomic E-state index is -0.596. The third-order valence-corrected chi connectivity index (χ3v) is 11.9. The van der Waals surface area contributed by atoms with Gasteiger partial charge in [0.05, 0.1) is 24.2 Å². The average Bonchev–Trinajstić information content (AvgIpc) is 3.98. The van der Waals surface area contributed by atoms with E-state index in [0.717, 1.165) is 11.4 Å². The van der Waals surface area contributed by atoms with Gasteiger partial charge in [-0.25, -0.2) is 8.78 Å². The zero-order valence-electron chi connectivity index (χ0n) is 32.3. The van der Waals surface area contributed by atoms with E-state index in [4.69, 9.17) is 0 Å². The summed E-state index contributed by atoms with van der Waals surface area (Å²) in [6.45, 7) is 4.46. The van der Waals surface area contributed by atoms with Crippen molar-refractivity contribution in [1.82, 2.24) is 30.4 Å². The van der Waals surface area contributed by atoms with Crippen LogP contribution in [0, 0.1) is 35.3 Å². The first-order valence-corrected chi connectivity index (χ1v) is 19.6. The van der Waals surface area contributed by atoms with Gasteiger partial charge in [-0.1, -0.05) is 60.7 Å². The molecule has 2 aromatic heterocycles. The number of aliphatic hydroxyl groups is 2. The van der Waals surface area contributed by atoms with Crippen LogP contribution in [-0.4, -0.2) is 56.5 Å². The first-order valence-electron chi connectivity index (χ1n) is 19.6. The van der Waals surface area contributed by atoms with Crippen LogP contribution in [0.5, 0.6) is 0 Å². The van der Waals surface area contributed by atoms with Crippen molar-refractivity contribution in [1.29, 1.82) is 0 Å². The molecule has 6 heterocycles. The number of pyridine rings is 2. The number of aromatic nitrogens is 2. The number of halogens is 2. The van der Waals surface area contributed by atoms with Crippen LogP contribution < -0.4 is 32.4 Å². The van der Waals surface area contributed by atoms with Crippen LogP contribution in [-0.2, 0) is 35.8 Å². The molecule has 0 unspecified atom stereocenters. The molecule has 2 aromatic carbocycles. The Kier molecular flexibility index (Phi) is 12.3. The first-order chi connectivity index (χ1) is 28.1. The van der Waals surface area contributed by atoms with Crippen molar-refractivity contribution in [2.75, 3.05) is 13.2 Å². The van der Waals surface area contributed by atoms with E-state index < -0.39 is 12.1 Å². The molecular weight excluding hydrogens is 747 g/mol. The maximum atomic E-state index is 13.8. The van der Waals surface area contributed by atoms with Gasteiger partial charge in [-0.15, -0.1) is 0 Å².